The van der Waals surface area contributed by atoms with Crippen LogP contribution in [-0.4, -0.2) is 90.3 Å². The number of carboxylic acids is 1. The lowest BCUT2D eigenvalue weighted by Gasteiger charge is -2.42. The van der Waals surface area contributed by atoms with Crippen molar-refractivity contribution in [3.63, 3.8) is 0 Å². The Balaban J connectivity index is 1.11. The molecule has 2 aromatic carbocycles. The van der Waals surface area contributed by atoms with Gasteiger partial charge in [0.1, 0.15) is 17.7 Å². The molecule has 1 aliphatic carbocycles. The Bertz CT molecular complexity index is 1570. The monoisotopic (exact) mass is 641 g/mol. The summed E-state index contributed by atoms with van der Waals surface area (Å²) >= 11 is 6.48. The fourth-order valence-corrected chi connectivity index (χ4v) is 6.92. The average Bonchev–Trinajstić information content (AvgIpc) is 3.63. The van der Waals surface area contributed by atoms with E-state index in [9.17, 15) is 19.5 Å². The second-order valence-corrected chi connectivity index (χ2v) is 12.7. The van der Waals surface area contributed by atoms with Gasteiger partial charge >= 0.3 is 5.97 Å². The normalized spacial score (nSPS) is 24.1. The highest BCUT2D eigenvalue weighted by Crippen LogP contribution is 2.32. The number of ether oxygens (including phenoxy) is 2. The van der Waals surface area contributed by atoms with Crippen LogP contribution in [0.25, 0.3) is 11.0 Å². The molecule has 0 spiro atoms. The number of anilines is 1. The number of fused-ring (bicyclic) bond motifs is 1. The second-order valence-electron chi connectivity index (χ2n) is 12.2. The molecule has 3 fully saturated rings. The average molecular weight is 642 g/mol. The number of rotatable bonds is 10. The molecule has 240 valence electrons. The number of amides is 2. The highest BCUT2D eigenvalue weighted by atomic mass is 35.5. The number of nitrogens with zero attached hydrogens (tertiary/aromatic N) is 2. The number of nitrogens with one attached hydrogen (secondary N) is 1. The third-order valence-corrected chi connectivity index (χ3v) is 9.75. The molecule has 1 saturated carbocycles. The van der Waals surface area contributed by atoms with E-state index in [4.69, 9.17) is 25.5 Å². The first-order valence-corrected chi connectivity index (χ1v) is 15.7. The van der Waals surface area contributed by atoms with Gasteiger partial charge in [0.05, 0.1) is 53.5 Å². The molecule has 2 amide bonds. The summed E-state index contributed by atoms with van der Waals surface area (Å²) < 4.78 is 32.5. The van der Waals surface area contributed by atoms with Crippen molar-refractivity contribution in [2.24, 2.45) is 5.92 Å². The molecule has 45 heavy (non-hydrogen) atoms. The van der Waals surface area contributed by atoms with E-state index in [1.54, 1.807) is 36.3 Å². The van der Waals surface area contributed by atoms with Crippen molar-refractivity contribution in [2.45, 2.75) is 62.8 Å². The number of hydrogen-bond donors (Lipinski definition) is 2. The first-order valence-electron chi connectivity index (χ1n) is 15.4. The van der Waals surface area contributed by atoms with Gasteiger partial charge in [-0.2, -0.15) is 0 Å². The van der Waals surface area contributed by atoms with Crippen LogP contribution in [0.2, 0.25) is 5.02 Å². The van der Waals surface area contributed by atoms with Gasteiger partial charge < -0.3 is 29.2 Å². The van der Waals surface area contributed by atoms with Crippen molar-refractivity contribution in [3.8, 4) is 0 Å². The van der Waals surface area contributed by atoms with Crippen molar-refractivity contribution < 1.29 is 37.8 Å². The number of hydrogen-bond acceptors (Lipinski definition) is 7. The molecule has 1 unspecified atom stereocenters. The van der Waals surface area contributed by atoms with Crippen molar-refractivity contribution in [1.29, 1.82) is 0 Å². The van der Waals surface area contributed by atoms with Crippen LogP contribution >= 0.6 is 11.6 Å². The standard InChI is InChI=1S/C33H37ClFN3O7/c1-43-24-15-37(16-24)21-12-22(17-44-23-8-6-19(7-9-23)33(41)42)38(14-21)31(39)11-20-10-27(34)29(13-28(20)35)36-32(40)26-18-45-30-5-3-2-4-25(26)30/h2-5,10,13,18-19,21-24H,6-9,11-12,14-17H2,1H3,(H,36,40)(H,41,42)/t19-,21-,22?,23-/m0/s1. The Hall–Kier alpha value is -3.51. The van der Waals surface area contributed by atoms with E-state index >= 15 is 4.39 Å². The topological polar surface area (TPSA) is 122 Å². The number of carbonyl (C=O) groups excluding carboxylic acids is 2. The number of aliphatic carboxylic acids is 1. The van der Waals surface area contributed by atoms with Gasteiger partial charge in [0.2, 0.25) is 5.91 Å². The van der Waals surface area contributed by atoms with Crippen LogP contribution in [0.15, 0.2) is 47.1 Å². The third-order valence-electron chi connectivity index (χ3n) is 9.44. The molecule has 2 aliphatic heterocycles. The summed E-state index contributed by atoms with van der Waals surface area (Å²) in [5.41, 5.74) is 1.08. The van der Waals surface area contributed by atoms with Gasteiger partial charge in [-0.05, 0) is 55.9 Å². The van der Waals surface area contributed by atoms with E-state index in [-0.39, 0.29) is 58.8 Å². The zero-order valence-electron chi connectivity index (χ0n) is 25.0. The molecule has 2 N–H and O–H groups in total. The molecule has 10 nitrogen and oxygen atoms in total. The molecular formula is C33H37ClFN3O7. The third kappa shape index (κ3) is 6.86. The predicted molar refractivity (Wildman–Crippen MR) is 165 cm³/mol. The maximum absolute atomic E-state index is 15.4. The van der Waals surface area contributed by atoms with E-state index in [0.29, 0.717) is 55.4 Å². The summed E-state index contributed by atoms with van der Waals surface area (Å²) in [5.74, 6) is -2.46. The number of carbonyl (C=O) groups is 3. The van der Waals surface area contributed by atoms with Crippen LogP contribution in [0.4, 0.5) is 10.1 Å². The van der Waals surface area contributed by atoms with Gasteiger partial charge in [-0.1, -0.05) is 29.8 Å². The summed E-state index contributed by atoms with van der Waals surface area (Å²) in [6.45, 7) is 2.42. The molecule has 12 heteroatoms. The Kier molecular flexibility index (Phi) is 9.41. The number of methoxy groups -OCH3 is 1. The van der Waals surface area contributed by atoms with Crippen molar-refractivity contribution >= 4 is 46.0 Å². The van der Waals surface area contributed by atoms with E-state index < -0.39 is 17.7 Å². The predicted octanol–water partition coefficient (Wildman–Crippen LogP) is 4.98. The van der Waals surface area contributed by atoms with Crippen LogP contribution < -0.4 is 5.32 Å². The molecule has 3 aromatic rings. The van der Waals surface area contributed by atoms with E-state index in [0.717, 1.165) is 25.6 Å². The summed E-state index contributed by atoms with van der Waals surface area (Å²) in [7, 11) is 1.69. The number of halogens is 2. The van der Waals surface area contributed by atoms with Gasteiger partial charge in [-0.3, -0.25) is 19.3 Å². The van der Waals surface area contributed by atoms with Crippen molar-refractivity contribution in [2.75, 3.05) is 38.7 Å². The van der Waals surface area contributed by atoms with Crippen LogP contribution in [0.5, 0.6) is 0 Å². The van der Waals surface area contributed by atoms with Crippen LogP contribution in [-0.2, 0) is 25.5 Å². The summed E-state index contributed by atoms with van der Waals surface area (Å²) in [6, 6.07) is 9.56. The number of benzene rings is 2. The van der Waals surface area contributed by atoms with Gasteiger partial charge in [0, 0.05) is 38.2 Å². The molecule has 3 heterocycles. The quantitative estimate of drug-likeness (QED) is 0.318. The second kappa shape index (κ2) is 13.5. The number of carboxylic acid groups (broad SMARTS) is 1. The Labute approximate surface area is 265 Å². The zero-order chi connectivity index (χ0) is 31.7. The maximum atomic E-state index is 15.4. The molecule has 6 rings (SSSR count). The number of para-hydroxylation sites is 1. The molecule has 1 aromatic heterocycles. The number of likely N-dealkylation sites (tertiary alicyclic amines) is 2. The van der Waals surface area contributed by atoms with Crippen LogP contribution in [0, 0.1) is 11.7 Å². The summed E-state index contributed by atoms with van der Waals surface area (Å²) in [6.07, 6.45) is 4.52. The lowest BCUT2D eigenvalue weighted by atomic mass is 9.87. The first kappa shape index (κ1) is 31.5. The minimum atomic E-state index is -0.762. The van der Waals surface area contributed by atoms with Crippen LogP contribution in [0.3, 0.4) is 0 Å². The van der Waals surface area contributed by atoms with Gasteiger partial charge in [0.15, 0.2) is 0 Å². The smallest absolute Gasteiger partial charge is 0.306 e. The van der Waals surface area contributed by atoms with Crippen molar-refractivity contribution in [3.05, 3.63) is 64.6 Å². The van der Waals surface area contributed by atoms with Crippen LogP contribution in [0.1, 0.15) is 48.0 Å². The zero-order valence-corrected chi connectivity index (χ0v) is 25.8. The maximum Gasteiger partial charge on any atom is 0.306 e. The highest BCUT2D eigenvalue weighted by molar-refractivity contribution is 6.34. The van der Waals surface area contributed by atoms with Crippen molar-refractivity contribution in [1.82, 2.24) is 9.80 Å². The van der Waals surface area contributed by atoms with E-state index in [1.165, 1.54) is 12.3 Å². The lowest BCUT2D eigenvalue weighted by Crippen LogP contribution is -2.56. The lowest BCUT2D eigenvalue weighted by molar-refractivity contribution is -0.144. The number of furan rings is 1. The molecule has 2 atom stereocenters. The minimum absolute atomic E-state index is 0.0440. The fourth-order valence-electron chi connectivity index (χ4n) is 6.69. The molecule has 2 saturated heterocycles. The largest absolute Gasteiger partial charge is 0.481 e. The Morgan fingerprint density at radius 3 is 2.58 bits per heavy atom. The first-order chi connectivity index (χ1) is 21.7. The molecular weight excluding hydrogens is 605 g/mol. The molecule has 3 aliphatic rings. The summed E-state index contributed by atoms with van der Waals surface area (Å²) in [5, 5.41) is 12.7. The Morgan fingerprint density at radius 2 is 1.84 bits per heavy atom. The van der Waals surface area contributed by atoms with E-state index in [2.05, 4.69) is 10.2 Å². The summed E-state index contributed by atoms with van der Waals surface area (Å²) in [4.78, 5) is 42.0. The SMILES string of the molecule is COC1CN([C@H]2CC(CO[C@H]3CC[C@H](C(=O)O)CC3)N(C(=O)Cc3cc(Cl)c(NC(=O)c4coc5ccccc45)cc3F)C2)C1. The van der Waals surface area contributed by atoms with Gasteiger partial charge in [-0.15, -0.1) is 0 Å². The molecule has 0 bridgehead atoms. The Morgan fingerprint density at radius 1 is 1.09 bits per heavy atom. The minimum Gasteiger partial charge on any atom is -0.481 e. The highest BCUT2D eigenvalue weighted by Gasteiger charge is 2.42. The fraction of sp³-hybridized carbons (Fsp3) is 0.485. The molecule has 0 radical (unpaired) electrons. The van der Waals surface area contributed by atoms with Gasteiger partial charge in [-0.25, -0.2) is 4.39 Å². The van der Waals surface area contributed by atoms with E-state index in [1.807, 2.05) is 0 Å². The van der Waals surface area contributed by atoms with Gasteiger partial charge in [0.25, 0.3) is 5.91 Å².